The third kappa shape index (κ3) is 2.07. The Balaban J connectivity index is 2.34. The maximum atomic E-state index is 12.6. The fraction of sp³-hybridized carbons (Fsp3) is 0.250. The summed E-state index contributed by atoms with van der Waals surface area (Å²) in [5, 5.41) is 18.0. The van der Waals surface area contributed by atoms with Crippen molar-refractivity contribution in [2.45, 2.75) is 27.3 Å². The minimum absolute atomic E-state index is 0.0757. The Morgan fingerprint density at radius 2 is 2.00 bits per heavy atom. The molecule has 0 unspecified atom stereocenters. The Morgan fingerprint density at radius 3 is 2.68 bits per heavy atom. The molecule has 6 nitrogen and oxygen atoms in total. The Bertz CT molecular complexity index is 975. The molecule has 0 fully saturated rings. The number of nitriles is 1. The van der Waals surface area contributed by atoms with E-state index in [1.807, 2.05) is 45.0 Å². The number of nitrogens with zero attached hydrogens (tertiary/aromatic N) is 5. The number of benzene rings is 1. The van der Waals surface area contributed by atoms with Crippen molar-refractivity contribution in [1.29, 1.82) is 5.26 Å². The van der Waals surface area contributed by atoms with Gasteiger partial charge in [0.15, 0.2) is 0 Å². The molecule has 110 valence electrons. The molecular weight excluding hydrogens is 278 g/mol. The van der Waals surface area contributed by atoms with E-state index in [-0.39, 0.29) is 12.1 Å². The molecule has 0 aliphatic rings. The van der Waals surface area contributed by atoms with E-state index in [2.05, 4.69) is 10.2 Å². The first-order valence-electron chi connectivity index (χ1n) is 6.93. The van der Waals surface area contributed by atoms with E-state index < -0.39 is 0 Å². The molecule has 0 atom stereocenters. The molecule has 0 radical (unpaired) electrons. The summed E-state index contributed by atoms with van der Waals surface area (Å²) in [5.41, 5.74) is 3.96. The van der Waals surface area contributed by atoms with E-state index in [1.54, 1.807) is 10.9 Å². The van der Waals surface area contributed by atoms with Crippen molar-refractivity contribution in [3.8, 4) is 11.8 Å². The van der Waals surface area contributed by atoms with Crippen LogP contribution in [0.5, 0.6) is 0 Å². The van der Waals surface area contributed by atoms with Gasteiger partial charge in [0.1, 0.15) is 12.1 Å². The zero-order chi connectivity index (χ0) is 15.9. The van der Waals surface area contributed by atoms with E-state index in [0.717, 1.165) is 11.3 Å². The Hall–Kier alpha value is -2.94. The van der Waals surface area contributed by atoms with E-state index in [9.17, 15) is 4.79 Å². The van der Waals surface area contributed by atoms with Gasteiger partial charge in [-0.1, -0.05) is 6.07 Å². The fourth-order valence-electron chi connectivity index (χ4n) is 2.45. The Kier molecular flexibility index (Phi) is 3.26. The molecule has 3 aromatic rings. The number of hydrogen-bond donors (Lipinski definition) is 0. The zero-order valence-electron chi connectivity index (χ0n) is 12.7. The highest BCUT2D eigenvalue weighted by atomic mass is 16.1. The minimum atomic E-state index is -0.308. The van der Waals surface area contributed by atoms with Gasteiger partial charge in [-0.2, -0.15) is 15.5 Å². The maximum Gasteiger partial charge on any atom is 0.294 e. The molecule has 0 spiro atoms. The molecule has 0 amide bonds. The van der Waals surface area contributed by atoms with Gasteiger partial charge in [0, 0.05) is 5.39 Å². The molecule has 2 heterocycles. The highest BCUT2D eigenvalue weighted by Gasteiger charge is 2.15. The third-order valence-electron chi connectivity index (χ3n) is 3.82. The van der Waals surface area contributed by atoms with Crippen molar-refractivity contribution < 1.29 is 0 Å². The predicted molar refractivity (Wildman–Crippen MR) is 82.9 cm³/mol. The van der Waals surface area contributed by atoms with Gasteiger partial charge in [-0.25, -0.2) is 9.36 Å². The highest BCUT2D eigenvalue weighted by molar-refractivity contribution is 5.81. The van der Waals surface area contributed by atoms with Crippen LogP contribution in [0.1, 0.15) is 16.8 Å². The highest BCUT2D eigenvalue weighted by Crippen LogP contribution is 2.19. The van der Waals surface area contributed by atoms with Crippen LogP contribution in [0, 0.1) is 32.1 Å². The first kappa shape index (κ1) is 14.0. The summed E-state index contributed by atoms with van der Waals surface area (Å²) in [6.45, 7) is 5.79. The Labute approximate surface area is 127 Å². The summed E-state index contributed by atoms with van der Waals surface area (Å²) >= 11 is 0. The predicted octanol–water partition coefficient (Wildman–Crippen LogP) is 2.03. The van der Waals surface area contributed by atoms with Gasteiger partial charge in [0.25, 0.3) is 5.56 Å². The topological polar surface area (TPSA) is 76.5 Å². The molecule has 3 rings (SSSR count). The smallest absolute Gasteiger partial charge is 0.265 e. The summed E-state index contributed by atoms with van der Waals surface area (Å²) in [7, 11) is 0. The minimum Gasteiger partial charge on any atom is -0.265 e. The van der Waals surface area contributed by atoms with Crippen molar-refractivity contribution >= 4 is 10.9 Å². The van der Waals surface area contributed by atoms with Crippen molar-refractivity contribution in [1.82, 2.24) is 19.6 Å². The van der Waals surface area contributed by atoms with Crippen molar-refractivity contribution in [2.24, 2.45) is 0 Å². The van der Waals surface area contributed by atoms with Crippen LogP contribution in [-0.4, -0.2) is 19.6 Å². The molecule has 0 saturated heterocycles. The SMILES string of the molecule is Cc1ccc(-n2ncc3c(C)nn(CC#N)c(=O)c32)cc1C. The number of aryl methyl sites for hydroxylation is 3. The third-order valence-corrected chi connectivity index (χ3v) is 3.82. The molecule has 0 N–H and O–H groups in total. The lowest BCUT2D eigenvalue weighted by Gasteiger charge is -2.08. The second kappa shape index (κ2) is 5.11. The largest absolute Gasteiger partial charge is 0.294 e. The summed E-state index contributed by atoms with van der Waals surface area (Å²) in [6.07, 6.45) is 1.64. The molecule has 1 aromatic carbocycles. The average molecular weight is 293 g/mol. The Morgan fingerprint density at radius 1 is 1.23 bits per heavy atom. The lowest BCUT2D eigenvalue weighted by atomic mass is 10.1. The molecule has 0 saturated carbocycles. The maximum absolute atomic E-state index is 12.6. The van der Waals surface area contributed by atoms with Gasteiger partial charge in [0.2, 0.25) is 0 Å². The quantitative estimate of drug-likeness (QED) is 0.724. The summed E-state index contributed by atoms with van der Waals surface area (Å²) in [6, 6.07) is 7.88. The van der Waals surface area contributed by atoms with Gasteiger partial charge < -0.3 is 0 Å². The van der Waals surface area contributed by atoms with Crippen molar-refractivity contribution in [3.63, 3.8) is 0 Å². The van der Waals surface area contributed by atoms with Gasteiger partial charge in [0.05, 0.1) is 23.6 Å². The van der Waals surface area contributed by atoms with Crippen LogP contribution >= 0.6 is 0 Å². The normalized spacial score (nSPS) is 10.8. The van der Waals surface area contributed by atoms with Gasteiger partial charge in [-0.15, -0.1) is 0 Å². The molecule has 0 bridgehead atoms. The van der Waals surface area contributed by atoms with Crippen molar-refractivity contribution in [3.05, 3.63) is 51.6 Å². The van der Waals surface area contributed by atoms with Crippen LogP contribution in [0.2, 0.25) is 0 Å². The van der Waals surface area contributed by atoms with Gasteiger partial charge >= 0.3 is 0 Å². The molecule has 0 aliphatic heterocycles. The lowest BCUT2D eigenvalue weighted by Crippen LogP contribution is -2.25. The van der Waals surface area contributed by atoms with Crippen LogP contribution in [-0.2, 0) is 6.54 Å². The standard InChI is InChI=1S/C16H15N5O/c1-10-4-5-13(8-11(10)2)21-15-14(9-18-21)12(3)19-20(7-6-17)16(15)22/h4-5,8-9H,7H2,1-3H3. The second-order valence-electron chi connectivity index (χ2n) is 5.29. The van der Waals surface area contributed by atoms with Gasteiger partial charge in [-0.05, 0) is 44.0 Å². The van der Waals surface area contributed by atoms with Crippen LogP contribution in [0.3, 0.4) is 0 Å². The van der Waals surface area contributed by atoms with Crippen LogP contribution in [0.4, 0.5) is 0 Å². The number of hydrogen-bond acceptors (Lipinski definition) is 4. The summed E-state index contributed by atoms with van der Waals surface area (Å²) in [5.74, 6) is 0. The summed E-state index contributed by atoms with van der Waals surface area (Å²) in [4.78, 5) is 12.6. The summed E-state index contributed by atoms with van der Waals surface area (Å²) < 4.78 is 2.80. The molecule has 2 aromatic heterocycles. The fourth-order valence-corrected chi connectivity index (χ4v) is 2.45. The first-order valence-corrected chi connectivity index (χ1v) is 6.93. The first-order chi connectivity index (χ1) is 10.5. The molecule has 22 heavy (non-hydrogen) atoms. The van der Waals surface area contributed by atoms with E-state index in [4.69, 9.17) is 5.26 Å². The van der Waals surface area contributed by atoms with Crippen molar-refractivity contribution in [2.75, 3.05) is 0 Å². The van der Waals surface area contributed by atoms with E-state index in [1.165, 1.54) is 10.2 Å². The second-order valence-corrected chi connectivity index (χ2v) is 5.29. The average Bonchev–Trinajstić information content (AvgIpc) is 2.93. The van der Waals surface area contributed by atoms with E-state index in [0.29, 0.717) is 16.6 Å². The molecule has 0 aliphatic carbocycles. The number of rotatable bonds is 2. The zero-order valence-corrected chi connectivity index (χ0v) is 12.7. The lowest BCUT2D eigenvalue weighted by molar-refractivity contribution is 0.653. The monoisotopic (exact) mass is 293 g/mol. The van der Waals surface area contributed by atoms with Crippen LogP contribution in [0.25, 0.3) is 16.6 Å². The number of aromatic nitrogens is 4. The number of fused-ring (bicyclic) bond motifs is 1. The van der Waals surface area contributed by atoms with Crippen LogP contribution in [0.15, 0.2) is 29.2 Å². The molecule has 6 heteroatoms. The van der Waals surface area contributed by atoms with Gasteiger partial charge in [-0.3, -0.25) is 4.79 Å². The van der Waals surface area contributed by atoms with E-state index >= 15 is 0 Å². The molecular formula is C16H15N5O. The van der Waals surface area contributed by atoms with Crippen LogP contribution < -0.4 is 5.56 Å².